The number of hydrogen-bond acceptors (Lipinski definition) is 6. The predicted octanol–water partition coefficient (Wildman–Crippen LogP) is 3.50. The Morgan fingerprint density at radius 2 is 2.21 bits per heavy atom. The average molecular weight is 388 g/mol. The first-order chi connectivity index (χ1) is 13.4. The predicted molar refractivity (Wildman–Crippen MR) is 97.2 cm³/mol. The van der Waals surface area contributed by atoms with Crippen molar-refractivity contribution >= 4 is 5.97 Å². The molecule has 2 aromatic rings. The summed E-state index contributed by atoms with van der Waals surface area (Å²) in [6.45, 7) is 5.21. The minimum atomic E-state index is -0.742. The van der Waals surface area contributed by atoms with Crippen molar-refractivity contribution in [3.63, 3.8) is 0 Å². The van der Waals surface area contributed by atoms with E-state index < -0.39 is 18.3 Å². The summed E-state index contributed by atoms with van der Waals surface area (Å²) in [5.74, 6) is -1.09. The van der Waals surface area contributed by atoms with Crippen molar-refractivity contribution < 1.29 is 18.7 Å². The molecule has 0 amide bonds. The van der Waals surface area contributed by atoms with Crippen molar-refractivity contribution in [2.45, 2.75) is 39.1 Å². The van der Waals surface area contributed by atoms with Gasteiger partial charge in [0.2, 0.25) is 0 Å². The second-order valence-electron chi connectivity index (χ2n) is 6.88. The summed E-state index contributed by atoms with van der Waals surface area (Å²) in [6, 6.07) is 5.88. The van der Waals surface area contributed by atoms with Crippen LogP contribution in [0.1, 0.15) is 26.8 Å². The van der Waals surface area contributed by atoms with Crippen LogP contribution in [0.5, 0.6) is 0 Å². The molecular weight excluding hydrogens is 367 g/mol. The van der Waals surface area contributed by atoms with Crippen molar-refractivity contribution in [2.75, 3.05) is 6.61 Å². The van der Waals surface area contributed by atoms with Crippen LogP contribution in [-0.4, -0.2) is 39.9 Å². The van der Waals surface area contributed by atoms with Gasteiger partial charge in [-0.25, -0.2) is 9.07 Å². The number of halogens is 1. The van der Waals surface area contributed by atoms with E-state index in [1.54, 1.807) is 23.0 Å². The maximum absolute atomic E-state index is 13.5. The van der Waals surface area contributed by atoms with Gasteiger partial charge in [0.15, 0.2) is 0 Å². The van der Waals surface area contributed by atoms with Crippen LogP contribution in [0.2, 0.25) is 0 Å². The van der Waals surface area contributed by atoms with Gasteiger partial charge in [0.05, 0.1) is 18.3 Å². The zero-order chi connectivity index (χ0) is 20.3. The second kappa shape index (κ2) is 8.37. The molecule has 0 radical (unpaired) electrons. The highest BCUT2D eigenvalue weighted by atomic mass is 19.1. The molecule has 28 heavy (non-hydrogen) atoms. The van der Waals surface area contributed by atoms with Gasteiger partial charge in [-0.3, -0.25) is 4.79 Å². The molecule has 1 aliphatic rings. The maximum atomic E-state index is 13.5. The number of carbonyl (C=O) groups is 1. The molecule has 0 aliphatic carbocycles. The quantitative estimate of drug-likeness (QED) is 0.336. The molecule has 1 saturated heterocycles. The van der Waals surface area contributed by atoms with E-state index in [0.29, 0.717) is 11.3 Å². The number of esters is 1. The van der Waals surface area contributed by atoms with Crippen LogP contribution in [0.15, 0.2) is 35.6 Å². The van der Waals surface area contributed by atoms with E-state index in [9.17, 15) is 9.18 Å². The Hall–Kier alpha value is -2.97. The molecule has 1 aliphatic heterocycles. The fraction of sp³-hybridized carbons (Fsp3) is 0.500. The standard InChI is InChI=1S/C18H21FN6O3/c1-10-16(9-27-12(3)26)28-18(22-23-20)11(2)17(10)25-8-15(21-24-25)13-5-4-6-14(19)7-13/h4-8,10-11,16-18H,9H2,1-3H3/t10-,11?,16?,17-,18+/m0/s1. The first kappa shape index (κ1) is 19.8. The van der Waals surface area contributed by atoms with Gasteiger partial charge in [0.25, 0.3) is 0 Å². The van der Waals surface area contributed by atoms with Gasteiger partial charge in [0.1, 0.15) is 24.3 Å². The third kappa shape index (κ3) is 4.13. The highest BCUT2D eigenvalue weighted by Crippen LogP contribution is 2.39. The molecule has 0 bridgehead atoms. The van der Waals surface area contributed by atoms with Gasteiger partial charge in [0, 0.05) is 29.2 Å². The van der Waals surface area contributed by atoms with Crippen LogP contribution >= 0.6 is 0 Å². The number of aromatic nitrogens is 3. The molecule has 9 nitrogen and oxygen atoms in total. The Bertz CT molecular complexity index is 897. The Balaban J connectivity index is 1.91. The third-order valence-electron chi connectivity index (χ3n) is 4.98. The summed E-state index contributed by atoms with van der Waals surface area (Å²) in [4.78, 5) is 14.0. The lowest BCUT2D eigenvalue weighted by molar-refractivity contribution is -0.167. The lowest BCUT2D eigenvalue weighted by Gasteiger charge is -2.42. The molecule has 5 atom stereocenters. The number of azide groups is 1. The highest BCUT2D eigenvalue weighted by Gasteiger charge is 2.43. The zero-order valence-corrected chi connectivity index (χ0v) is 15.8. The van der Waals surface area contributed by atoms with E-state index >= 15 is 0 Å². The Labute approximate surface area is 161 Å². The summed E-state index contributed by atoms with van der Waals surface area (Å²) in [6.07, 6.45) is 0.518. The highest BCUT2D eigenvalue weighted by molar-refractivity contribution is 5.65. The topological polar surface area (TPSA) is 115 Å². The number of carbonyl (C=O) groups excluding carboxylic acids is 1. The van der Waals surface area contributed by atoms with Crippen molar-refractivity contribution in [2.24, 2.45) is 17.0 Å². The molecular formula is C18H21FN6O3. The smallest absolute Gasteiger partial charge is 0.302 e. The molecule has 0 saturated carbocycles. The molecule has 3 rings (SSSR count). The van der Waals surface area contributed by atoms with Crippen LogP contribution in [0.25, 0.3) is 21.7 Å². The van der Waals surface area contributed by atoms with Gasteiger partial charge in [-0.2, -0.15) is 0 Å². The fourth-order valence-corrected chi connectivity index (χ4v) is 3.55. The lowest BCUT2D eigenvalue weighted by Crippen LogP contribution is -2.47. The Kier molecular flexibility index (Phi) is 5.91. The number of hydrogen-bond donors (Lipinski definition) is 0. The molecule has 10 heteroatoms. The number of nitrogens with zero attached hydrogens (tertiary/aromatic N) is 6. The van der Waals surface area contributed by atoms with Crippen molar-refractivity contribution in [1.82, 2.24) is 15.0 Å². The first-order valence-corrected chi connectivity index (χ1v) is 8.91. The number of rotatable bonds is 5. The monoisotopic (exact) mass is 388 g/mol. The van der Waals surface area contributed by atoms with E-state index in [2.05, 4.69) is 20.3 Å². The van der Waals surface area contributed by atoms with E-state index in [0.717, 1.165) is 0 Å². The lowest BCUT2D eigenvalue weighted by atomic mass is 9.83. The Morgan fingerprint density at radius 3 is 2.89 bits per heavy atom. The van der Waals surface area contributed by atoms with Crippen LogP contribution in [-0.2, 0) is 14.3 Å². The van der Waals surface area contributed by atoms with Gasteiger partial charge < -0.3 is 9.47 Å². The Morgan fingerprint density at radius 1 is 1.43 bits per heavy atom. The number of benzene rings is 1. The molecule has 0 N–H and O–H groups in total. The van der Waals surface area contributed by atoms with Gasteiger partial charge in [-0.1, -0.05) is 36.3 Å². The second-order valence-corrected chi connectivity index (χ2v) is 6.88. The van der Waals surface area contributed by atoms with E-state index in [-0.39, 0.29) is 30.3 Å². The summed E-state index contributed by atoms with van der Waals surface area (Å²) in [7, 11) is 0. The van der Waals surface area contributed by atoms with Crippen molar-refractivity contribution in [3.05, 3.63) is 46.7 Å². The molecule has 1 fully saturated rings. The summed E-state index contributed by atoms with van der Waals surface area (Å²) in [5, 5.41) is 12.1. The van der Waals surface area contributed by atoms with E-state index in [1.807, 2.05) is 13.8 Å². The SMILES string of the molecule is CC(=O)OCC1O[C@@H](N=[N+]=[N-])C(C)[C@@H](n2cc(-c3cccc(F)c3)nn2)[C@H]1C. The summed E-state index contributed by atoms with van der Waals surface area (Å²) < 4.78 is 26.1. The maximum Gasteiger partial charge on any atom is 0.302 e. The zero-order valence-electron chi connectivity index (χ0n) is 15.8. The minimum Gasteiger partial charge on any atom is -0.463 e. The van der Waals surface area contributed by atoms with Crippen LogP contribution < -0.4 is 0 Å². The van der Waals surface area contributed by atoms with Crippen LogP contribution in [0, 0.1) is 17.7 Å². The number of ether oxygens (including phenoxy) is 2. The molecule has 1 aromatic carbocycles. The van der Waals surface area contributed by atoms with Crippen molar-refractivity contribution in [3.8, 4) is 11.3 Å². The normalized spacial score (nSPS) is 27.1. The summed E-state index contributed by atoms with van der Waals surface area (Å²) >= 11 is 0. The summed E-state index contributed by atoms with van der Waals surface area (Å²) in [5.41, 5.74) is 10.0. The average Bonchev–Trinajstić information content (AvgIpc) is 3.13. The van der Waals surface area contributed by atoms with Crippen LogP contribution in [0.4, 0.5) is 4.39 Å². The van der Waals surface area contributed by atoms with Gasteiger partial charge in [-0.15, -0.1) is 5.10 Å². The largest absolute Gasteiger partial charge is 0.463 e. The van der Waals surface area contributed by atoms with Gasteiger partial charge in [-0.05, 0) is 17.7 Å². The first-order valence-electron chi connectivity index (χ1n) is 8.91. The molecule has 148 valence electrons. The van der Waals surface area contributed by atoms with Crippen LogP contribution in [0.3, 0.4) is 0 Å². The van der Waals surface area contributed by atoms with E-state index in [4.69, 9.17) is 15.0 Å². The van der Waals surface area contributed by atoms with Gasteiger partial charge >= 0.3 is 5.97 Å². The van der Waals surface area contributed by atoms with Crippen molar-refractivity contribution in [1.29, 1.82) is 0 Å². The molecule has 1 aromatic heterocycles. The minimum absolute atomic E-state index is 0.0443. The molecule has 2 unspecified atom stereocenters. The third-order valence-corrected chi connectivity index (χ3v) is 4.98. The molecule has 2 heterocycles. The van der Waals surface area contributed by atoms with E-state index in [1.165, 1.54) is 19.1 Å². The molecule has 0 spiro atoms. The fourth-order valence-electron chi connectivity index (χ4n) is 3.55.